The number of anilines is 1. The van der Waals surface area contributed by atoms with Crippen LogP contribution in [0.15, 0.2) is 97.2 Å². The van der Waals surface area contributed by atoms with Crippen LogP contribution in [-0.4, -0.2) is 28.0 Å². The number of ether oxygens (including phenoxy) is 1. The highest BCUT2D eigenvalue weighted by molar-refractivity contribution is 6.06. The van der Waals surface area contributed by atoms with Gasteiger partial charge in [-0.1, -0.05) is 36.4 Å². The van der Waals surface area contributed by atoms with Gasteiger partial charge < -0.3 is 20.0 Å². The van der Waals surface area contributed by atoms with Crippen molar-refractivity contribution in [3.8, 4) is 28.3 Å². The Morgan fingerprint density at radius 2 is 1.66 bits per heavy atom. The Morgan fingerprint density at radius 3 is 2.46 bits per heavy atom. The normalized spacial score (nSPS) is 11.1. The number of nitrogens with zero attached hydrogens (tertiary/aromatic N) is 1. The summed E-state index contributed by atoms with van der Waals surface area (Å²) < 4.78 is 5.27. The number of imidazole rings is 1. The summed E-state index contributed by atoms with van der Waals surface area (Å²) in [6.07, 6.45) is 1.89. The lowest BCUT2D eigenvalue weighted by Crippen LogP contribution is -2.11. The van der Waals surface area contributed by atoms with Gasteiger partial charge in [-0.05, 0) is 65.7 Å². The highest BCUT2D eigenvalue weighted by atomic mass is 16.5. The van der Waals surface area contributed by atoms with E-state index in [2.05, 4.69) is 27.4 Å². The van der Waals surface area contributed by atoms with Crippen molar-refractivity contribution in [2.75, 3.05) is 12.4 Å². The number of benzene rings is 4. The molecule has 0 radical (unpaired) electrons. The van der Waals surface area contributed by atoms with Crippen molar-refractivity contribution in [2.45, 2.75) is 0 Å². The SMILES string of the molecule is COc1ccc(-c2ccc3nc(-c4cc(NC(=O)c5ccccc5)cc5[nH]ccc45)[nH]c3c2)cc1. The fourth-order valence-electron chi connectivity index (χ4n) is 4.33. The topological polar surface area (TPSA) is 82.8 Å². The van der Waals surface area contributed by atoms with Crippen LogP contribution in [0.4, 0.5) is 5.69 Å². The minimum atomic E-state index is -0.156. The van der Waals surface area contributed by atoms with Gasteiger partial charge in [0.25, 0.3) is 5.91 Å². The number of carbonyl (C=O) groups excluding carboxylic acids is 1. The Bertz CT molecular complexity index is 1660. The second-order valence-corrected chi connectivity index (χ2v) is 8.33. The molecule has 3 N–H and O–H groups in total. The van der Waals surface area contributed by atoms with E-state index in [0.717, 1.165) is 50.2 Å². The lowest BCUT2D eigenvalue weighted by atomic mass is 10.1. The van der Waals surface area contributed by atoms with Crippen LogP contribution in [0.25, 0.3) is 44.5 Å². The number of aromatic amines is 2. The Hall–Kier alpha value is -4.84. The maximum atomic E-state index is 12.7. The number of amides is 1. The number of hydrogen-bond donors (Lipinski definition) is 3. The predicted molar refractivity (Wildman–Crippen MR) is 140 cm³/mol. The second-order valence-electron chi connectivity index (χ2n) is 8.33. The molecular weight excluding hydrogens is 436 g/mol. The zero-order valence-electron chi connectivity index (χ0n) is 19.0. The van der Waals surface area contributed by atoms with Crippen molar-refractivity contribution in [3.63, 3.8) is 0 Å². The van der Waals surface area contributed by atoms with Gasteiger partial charge in [0.15, 0.2) is 0 Å². The van der Waals surface area contributed by atoms with Crippen LogP contribution in [0.2, 0.25) is 0 Å². The summed E-state index contributed by atoms with van der Waals surface area (Å²) in [5, 5.41) is 4.04. The average molecular weight is 459 g/mol. The highest BCUT2D eigenvalue weighted by Gasteiger charge is 2.14. The molecule has 0 atom stereocenters. The number of carbonyl (C=O) groups is 1. The highest BCUT2D eigenvalue weighted by Crippen LogP contribution is 2.33. The summed E-state index contributed by atoms with van der Waals surface area (Å²) >= 11 is 0. The molecule has 0 aliphatic heterocycles. The number of aromatic nitrogens is 3. The third kappa shape index (κ3) is 3.91. The molecule has 6 heteroatoms. The van der Waals surface area contributed by atoms with Gasteiger partial charge in [-0.3, -0.25) is 4.79 Å². The average Bonchev–Trinajstić information content (AvgIpc) is 3.55. The van der Waals surface area contributed by atoms with Gasteiger partial charge >= 0.3 is 0 Å². The number of rotatable bonds is 5. The van der Waals surface area contributed by atoms with E-state index in [9.17, 15) is 4.79 Å². The van der Waals surface area contributed by atoms with E-state index >= 15 is 0 Å². The fourth-order valence-corrected chi connectivity index (χ4v) is 4.33. The van der Waals surface area contributed by atoms with Crippen molar-refractivity contribution in [1.29, 1.82) is 0 Å². The first-order valence-electron chi connectivity index (χ1n) is 11.3. The van der Waals surface area contributed by atoms with Gasteiger partial charge in [0.2, 0.25) is 0 Å². The van der Waals surface area contributed by atoms with Crippen molar-refractivity contribution in [1.82, 2.24) is 15.0 Å². The summed E-state index contributed by atoms with van der Waals surface area (Å²) in [5.41, 5.74) is 7.14. The Labute approximate surface area is 201 Å². The van der Waals surface area contributed by atoms with Gasteiger partial charge in [0.05, 0.1) is 18.1 Å². The van der Waals surface area contributed by atoms with E-state index in [1.807, 2.05) is 72.9 Å². The number of nitrogens with one attached hydrogen (secondary N) is 3. The lowest BCUT2D eigenvalue weighted by molar-refractivity contribution is 0.102. The molecule has 0 bridgehead atoms. The number of fused-ring (bicyclic) bond motifs is 2. The zero-order valence-corrected chi connectivity index (χ0v) is 19.0. The molecule has 0 fully saturated rings. The molecule has 1 amide bonds. The summed E-state index contributed by atoms with van der Waals surface area (Å²) in [5.74, 6) is 1.41. The summed E-state index contributed by atoms with van der Waals surface area (Å²) in [6.45, 7) is 0. The maximum absolute atomic E-state index is 12.7. The van der Waals surface area contributed by atoms with Crippen molar-refractivity contribution in [2.24, 2.45) is 0 Å². The van der Waals surface area contributed by atoms with E-state index in [-0.39, 0.29) is 5.91 Å². The maximum Gasteiger partial charge on any atom is 0.255 e. The first-order valence-corrected chi connectivity index (χ1v) is 11.3. The molecule has 2 aromatic heterocycles. The van der Waals surface area contributed by atoms with Crippen LogP contribution < -0.4 is 10.1 Å². The van der Waals surface area contributed by atoms with Gasteiger partial charge in [0, 0.05) is 33.9 Å². The third-order valence-electron chi connectivity index (χ3n) is 6.12. The van der Waals surface area contributed by atoms with Crippen LogP contribution in [0.1, 0.15) is 10.4 Å². The summed E-state index contributed by atoms with van der Waals surface area (Å²) in [4.78, 5) is 24.3. The smallest absolute Gasteiger partial charge is 0.255 e. The third-order valence-corrected chi connectivity index (χ3v) is 6.12. The fraction of sp³-hybridized carbons (Fsp3) is 0.0345. The Kier molecular flexibility index (Phi) is 5.04. The first kappa shape index (κ1) is 20.7. The Morgan fingerprint density at radius 1 is 0.857 bits per heavy atom. The molecular formula is C29H22N4O2. The Balaban J connectivity index is 1.38. The van der Waals surface area contributed by atoms with Gasteiger partial charge in [0.1, 0.15) is 11.6 Å². The van der Waals surface area contributed by atoms with E-state index in [0.29, 0.717) is 11.3 Å². The van der Waals surface area contributed by atoms with Crippen LogP contribution in [0.5, 0.6) is 5.75 Å². The van der Waals surface area contributed by atoms with Gasteiger partial charge in [-0.2, -0.15) is 0 Å². The van der Waals surface area contributed by atoms with E-state index in [1.165, 1.54) is 0 Å². The van der Waals surface area contributed by atoms with Crippen LogP contribution in [0, 0.1) is 0 Å². The largest absolute Gasteiger partial charge is 0.497 e. The molecule has 35 heavy (non-hydrogen) atoms. The van der Waals surface area contributed by atoms with Crippen LogP contribution in [0.3, 0.4) is 0 Å². The minimum Gasteiger partial charge on any atom is -0.497 e. The van der Waals surface area contributed by atoms with E-state index < -0.39 is 0 Å². The molecule has 6 nitrogen and oxygen atoms in total. The lowest BCUT2D eigenvalue weighted by Gasteiger charge is -2.08. The molecule has 6 rings (SSSR count). The number of methoxy groups -OCH3 is 1. The summed E-state index contributed by atoms with van der Waals surface area (Å²) in [6, 6.07) is 29.3. The number of H-pyrrole nitrogens is 2. The van der Waals surface area contributed by atoms with E-state index in [4.69, 9.17) is 9.72 Å². The molecule has 0 saturated carbocycles. The zero-order chi connectivity index (χ0) is 23.8. The van der Waals surface area contributed by atoms with E-state index in [1.54, 1.807) is 19.2 Å². The van der Waals surface area contributed by atoms with Crippen molar-refractivity contribution in [3.05, 3.63) is 103 Å². The molecule has 0 aliphatic rings. The molecule has 0 aliphatic carbocycles. The predicted octanol–water partition coefficient (Wildman–Crippen LogP) is 6.64. The van der Waals surface area contributed by atoms with Crippen LogP contribution >= 0.6 is 0 Å². The quantitative estimate of drug-likeness (QED) is 0.271. The van der Waals surface area contributed by atoms with Crippen LogP contribution in [-0.2, 0) is 0 Å². The van der Waals surface area contributed by atoms with Gasteiger partial charge in [-0.25, -0.2) is 4.98 Å². The van der Waals surface area contributed by atoms with Crippen molar-refractivity contribution < 1.29 is 9.53 Å². The standard InChI is InChI=1S/C29H22N4O2/c1-35-22-10-7-18(8-11-22)20-9-12-25-27(15-20)33-28(32-25)24-16-21(17-26-23(24)13-14-30-26)31-29(34)19-5-3-2-4-6-19/h2-17,30H,1H3,(H,31,34)(H,32,33). The monoisotopic (exact) mass is 458 g/mol. The summed E-state index contributed by atoms with van der Waals surface area (Å²) in [7, 11) is 1.66. The number of hydrogen-bond acceptors (Lipinski definition) is 3. The van der Waals surface area contributed by atoms with Crippen molar-refractivity contribution >= 4 is 33.5 Å². The molecule has 0 spiro atoms. The molecule has 0 saturated heterocycles. The molecule has 0 unspecified atom stereocenters. The molecule has 4 aromatic carbocycles. The molecule has 170 valence electrons. The second kappa shape index (κ2) is 8.50. The molecule has 2 heterocycles. The molecule has 6 aromatic rings. The minimum absolute atomic E-state index is 0.156. The van der Waals surface area contributed by atoms with Gasteiger partial charge in [-0.15, -0.1) is 0 Å². The first-order chi connectivity index (χ1) is 17.2.